The molecule has 6 nitrogen and oxygen atoms in total. The minimum Gasteiger partial charge on any atom is -0.494 e. The fourth-order valence-corrected chi connectivity index (χ4v) is 1.51. The van der Waals surface area contributed by atoms with Crippen LogP contribution in [0.2, 0.25) is 0 Å². The zero-order valence-corrected chi connectivity index (χ0v) is 10.8. The lowest BCUT2D eigenvalue weighted by molar-refractivity contribution is 0.337. The highest BCUT2D eigenvalue weighted by atomic mass is 16.5. The normalized spacial score (nSPS) is 10.0. The molecule has 0 spiro atoms. The Labute approximate surface area is 111 Å². The predicted octanol–water partition coefficient (Wildman–Crippen LogP) is 2.26. The highest BCUT2D eigenvalue weighted by Crippen LogP contribution is 2.31. The van der Waals surface area contributed by atoms with Crippen molar-refractivity contribution in [1.29, 1.82) is 0 Å². The summed E-state index contributed by atoms with van der Waals surface area (Å²) in [5, 5.41) is 0. The van der Waals surface area contributed by atoms with Crippen molar-refractivity contribution >= 4 is 5.69 Å². The third-order valence-corrected chi connectivity index (χ3v) is 2.34. The molecule has 1 aromatic heterocycles. The second-order valence-corrected chi connectivity index (χ2v) is 3.61. The molecule has 0 atom stereocenters. The van der Waals surface area contributed by atoms with Crippen molar-refractivity contribution < 1.29 is 14.2 Å². The first-order valence-corrected chi connectivity index (χ1v) is 5.79. The molecular weight excluding hydrogens is 246 g/mol. The Morgan fingerprint density at radius 3 is 2.63 bits per heavy atom. The van der Waals surface area contributed by atoms with Gasteiger partial charge in [0.15, 0.2) is 5.69 Å². The van der Waals surface area contributed by atoms with E-state index in [2.05, 4.69) is 9.97 Å². The lowest BCUT2D eigenvalue weighted by atomic mass is 10.3. The Bertz CT molecular complexity index is 561. The van der Waals surface area contributed by atoms with E-state index in [1.54, 1.807) is 12.1 Å². The van der Waals surface area contributed by atoms with Crippen molar-refractivity contribution in [3.8, 4) is 23.3 Å². The maximum absolute atomic E-state index is 5.83. The van der Waals surface area contributed by atoms with Gasteiger partial charge in [-0.25, -0.2) is 0 Å². The molecule has 0 aliphatic carbocycles. The summed E-state index contributed by atoms with van der Waals surface area (Å²) in [6.07, 6.45) is 1.33. The van der Waals surface area contributed by atoms with Gasteiger partial charge in [-0.1, -0.05) is 6.07 Å². The van der Waals surface area contributed by atoms with E-state index in [4.69, 9.17) is 19.9 Å². The minimum absolute atomic E-state index is 0.250. The lowest BCUT2D eigenvalue weighted by Gasteiger charge is -2.10. The van der Waals surface area contributed by atoms with Crippen LogP contribution in [0.3, 0.4) is 0 Å². The third kappa shape index (κ3) is 3.04. The molecule has 0 unspecified atom stereocenters. The smallest absolute Gasteiger partial charge is 0.249 e. The number of nitrogens with zero attached hydrogens (tertiary/aromatic N) is 2. The van der Waals surface area contributed by atoms with E-state index in [0.717, 1.165) is 5.75 Å². The molecule has 0 bridgehead atoms. The first-order chi connectivity index (χ1) is 9.24. The van der Waals surface area contributed by atoms with E-state index in [1.165, 1.54) is 13.4 Å². The van der Waals surface area contributed by atoms with Crippen LogP contribution in [-0.4, -0.2) is 23.7 Å². The maximum Gasteiger partial charge on any atom is 0.249 e. The number of nitrogen functional groups attached to an aromatic ring is 1. The van der Waals surface area contributed by atoms with Crippen LogP contribution in [0, 0.1) is 0 Å². The van der Waals surface area contributed by atoms with Crippen LogP contribution in [-0.2, 0) is 0 Å². The van der Waals surface area contributed by atoms with Gasteiger partial charge in [0.05, 0.1) is 13.7 Å². The molecule has 19 heavy (non-hydrogen) atoms. The number of aromatic nitrogens is 2. The Kier molecular flexibility index (Phi) is 4.02. The molecule has 0 aliphatic heterocycles. The fourth-order valence-electron chi connectivity index (χ4n) is 1.51. The number of hydrogen-bond donors (Lipinski definition) is 1. The van der Waals surface area contributed by atoms with Gasteiger partial charge in [0.1, 0.15) is 17.8 Å². The molecule has 0 fully saturated rings. The van der Waals surface area contributed by atoms with Crippen LogP contribution in [0.25, 0.3) is 0 Å². The van der Waals surface area contributed by atoms with E-state index in [-0.39, 0.29) is 17.4 Å². The number of rotatable bonds is 5. The van der Waals surface area contributed by atoms with Crippen LogP contribution in [0.15, 0.2) is 30.6 Å². The van der Waals surface area contributed by atoms with Gasteiger partial charge in [0.25, 0.3) is 0 Å². The summed E-state index contributed by atoms with van der Waals surface area (Å²) in [6, 6.07) is 7.23. The minimum atomic E-state index is 0.250. The van der Waals surface area contributed by atoms with Crippen molar-refractivity contribution in [2.75, 3.05) is 19.5 Å². The second-order valence-electron chi connectivity index (χ2n) is 3.61. The monoisotopic (exact) mass is 261 g/mol. The molecule has 1 aromatic carbocycles. The zero-order chi connectivity index (χ0) is 13.7. The number of nitrogens with two attached hydrogens (primary N) is 1. The first kappa shape index (κ1) is 12.9. The van der Waals surface area contributed by atoms with Gasteiger partial charge in [-0.05, 0) is 19.1 Å². The average Bonchev–Trinajstić information content (AvgIpc) is 2.42. The van der Waals surface area contributed by atoms with Crippen LogP contribution in [0.1, 0.15) is 6.92 Å². The SMILES string of the molecule is CCOc1cccc(Oc2ncnc(OC)c2N)c1. The Morgan fingerprint density at radius 1 is 1.16 bits per heavy atom. The van der Waals surface area contributed by atoms with E-state index in [9.17, 15) is 0 Å². The summed E-state index contributed by atoms with van der Waals surface area (Å²) < 4.78 is 16.0. The standard InChI is InChI=1S/C13H15N3O3/c1-3-18-9-5-4-6-10(7-9)19-13-11(14)12(17-2)15-8-16-13/h4-8H,3,14H2,1-2H3. The average molecular weight is 261 g/mol. The zero-order valence-electron chi connectivity index (χ0n) is 10.8. The molecule has 0 amide bonds. The molecule has 6 heteroatoms. The Hall–Kier alpha value is -2.50. The molecule has 0 aliphatic rings. The summed E-state index contributed by atoms with van der Waals surface area (Å²) in [6.45, 7) is 2.51. The summed E-state index contributed by atoms with van der Waals surface area (Å²) >= 11 is 0. The van der Waals surface area contributed by atoms with Gasteiger partial charge in [-0.2, -0.15) is 9.97 Å². The van der Waals surface area contributed by atoms with Crippen molar-refractivity contribution in [2.45, 2.75) is 6.92 Å². The number of methoxy groups -OCH3 is 1. The van der Waals surface area contributed by atoms with Crippen molar-refractivity contribution in [2.24, 2.45) is 0 Å². The van der Waals surface area contributed by atoms with Crippen LogP contribution >= 0.6 is 0 Å². The van der Waals surface area contributed by atoms with E-state index in [1.807, 2.05) is 19.1 Å². The van der Waals surface area contributed by atoms with Gasteiger partial charge in [0.2, 0.25) is 11.8 Å². The molecule has 2 N–H and O–H groups in total. The summed E-state index contributed by atoms with van der Waals surface area (Å²) in [5.41, 5.74) is 6.09. The van der Waals surface area contributed by atoms with Gasteiger partial charge >= 0.3 is 0 Å². The van der Waals surface area contributed by atoms with E-state index in [0.29, 0.717) is 12.4 Å². The van der Waals surface area contributed by atoms with Crippen molar-refractivity contribution in [3.05, 3.63) is 30.6 Å². The molecule has 1 heterocycles. The maximum atomic E-state index is 5.83. The first-order valence-electron chi connectivity index (χ1n) is 5.79. The Balaban J connectivity index is 2.23. The quantitative estimate of drug-likeness (QED) is 0.889. The predicted molar refractivity (Wildman–Crippen MR) is 70.7 cm³/mol. The Morgan fingerprint density at radius 2 is 1.89 bits per heavy atom. The molecular formula is C13H15N3O3. The summed E-state index contributed by atoms with van der Waals surface area (Å²) in [5.74, 6) is 1.84. The van der Waals surface area contributed by atoms with Gasteiger partial charge in [-0.3, -0.25) is 0 Å². The molecule has 0 saturated heterocycles. The fraction of sp³-hybridized carbons (Fsp3) is 0.231. The highest BCUT2D eigenvalue weighted by Gasteiger charge is 2.10. The lowest BCUT2D eigenvalue weighted by Crippen LogP contribution is -2.00. The molecule has 0 saturated carbocycles. The molecule has 0 radical (unpaired) electrons. The van der Waals surface area contributed by atoms with Gasteiger partial charge in [0, 0.05) is 6.07 Å². The van der Waals surface area contributed by atoms with Crippen LogP contribution in [0.4, 0.5) is 5.69 Å². The summed E-state index contributed by atoms with van der Waals surface area (Å²) in [4.78, 5) is 7.86. The number of anilines is 1. The van der Waals surface area contributed by atoms with Crippen LogP contribution in [0.5, 0.6) is 23.3 Å². The summed E-state index contributed by atoms with van der Waals surface area (Å²) in [7, 11) is 1.48. The molecule has 2 rings (SSSR count). The molecule has 2 aromatic rings. The number of benzene rings is 1. The number of hydrogen-bond acceptors (Lipinski definition) is 6. The van der Waals surface area contributed by atoms with Crippen LogP contribution < -0.4 is 19.9 Å². The topological polar surface area (TPSA) is 79.5 Å². The number of ether oxygens (including phenoxy) is 3. The van der Waals surface area contributed by atoms with Crippen molar-refractivity contribution in [1.82, 2.24) is 9.97 Å². The third-order valence-electron chi connectivity index (χ3n) is 2.34. The van der Waals surface area contributed by atoms with E-state index >= 15 is 0 Å². The van der Waals surface area contributed by atoms with Gasteiger partial charge < -0.3 is 19.9 Å². The van der Waals surface area contributed by atoms with E-state index < -0.39 is 0 Å². The second kappa shape index (κ2) is 5.90. The molecule has 100 valence electrons. The van der Waals surface area contributed by atoms with Crippen molar-refractivity contribution in [3.63, 3.8) is 0 Å². The largest absolute Gasteiger partial charge is 0.494 e. The highest BCUT2D eigenvalue weighted by molar-refractivity contribution is 5.56. The van der Waals surface area contributed by atoms with Gasteiger partial charge in [-0.15, -0.1) is 0 Å².